The number of benzene rings is 1. The van der Waals surface area contributed by atoms with Gasteiger partial charge in [-0.15, -0.1) is 0 Å². The predicted molar refractivity (Wildman–Crippen MR) is 94.8 cm³/mol. The molecule has 1 aliphatic rings. The highest BCUT2D eigenvalue weighted by Crippen LogP contribution is 2.27. The van der Waals surface area contributed by atoms with Crippen molar-refractivity contribution < 1.29 is 4.79 Å². The molecule has 3 rings (SSSR count). The number of aromatic nitrogens is 1. The van der Waals surface area contributed by atoms with E-state index in [9.17, 15) is 9.59 Å². The summed E-state index contributed by atoms with van der Waals surface area (Å²) in [5.74, 6) is -0.195. The fourth-order valence-electron chi connectivity index (χ4n) is 3.03. The van der Waals surface area contributed by atoms with Crippen LogP contribution in [-0.2, 0) is 0 Å². The molecular weight excluding hydrogens is 358 g/mol. The van der Waals surface area contributed by atoms with Gasteiger partial charge in [-0.25, -0.2) is 0 Å². The standard InChI is InChI=1S/C17H20BrN3O2/c1-17(5-7-19-8-6-17)10-20-16(23)12-9-14(22)21-15-11(12)3-2-4-13(15)18/h2-4,9,19H,5-8,10H2,1H3,(H,20,23)(H,21,22). The first-order chi connectivity index (χ1) is 11.0. The van der Waals surface area contributed by atoms with Crippen molar-refractivity contribution in [3.8, 4) is 0 Å². The van der Waals surface area contributed by atoms with Crippen molar-refractivity contribution in [1.82, 2.24) is 15.6 Å². The van der Waals surface area contributed by atoms with Gasteiger partial charge in [-0.2, -0.15) is 0 Å². The number of nitrogens with one attached hydrogen (secondary N) is 3. The Balaban J connectivity index is 1.86. The third-order valence-electron chi connectivity index (χ3n) is 4.56. The smallest absolute Gasteiger partial charge is 0.252 e. The van der Waals surface area contributed by atoms with Gasteiger partial charge >= 0.3 is 0 Å². The van der Waals surface area contributed by atoms with E-state index in [1.54, 1.807) is 0 Å². The zero-order valence-corrected chi connectivity index (χ0v) is 14.6. The Bertz CT molecular complexity index is 794. The minimum atomic E-state index is -0.275. The van der Waals surface area contributed by atoms with Gasteiger partial charge < -0.3 is 15.6 Å². The number of amides is 1. The Hall–Kier alpha value is -1.66. The molecular formula is C17H20BrN3O2. The van der Waals surface area contributed by atoms with Gasteiger partial charge in [-0.05, 0) is 53.3 Å². The fourth-order valence-corrected chi connectivity index (χ4v) is 3.49. The molecule has 122 valence electrons. The van der Waals surface area contributed by atoms with Crippen LogP contribution in [0.3, 0.4) is 0 Å². The molecule has 2 aromatic rings. The molecule has 1 amide bonds. The lowest BCUT2D eigenvalue weighted by Gasteiger charge is -2.34. The molecule has 1 aliphatic heterocycles. The molecule has 3 N–H and O–H groups in total. The maximum absolute atomic E-state index is 12.6. The molecule has 6 heteroatoms. The summed E-state index contributed by atoms with van der Waals surface area (Å²) >= 11 is 3.42. The fraction of sp³-hybridized carbons (Fsp3) is 0.412. The van der Waals surface area contributed by atoms with Gasteiger partial charge in [0.05, 0.1) is 11.1 Å². The third kappa shape index (κ3) is 3.48. The molecule has 1 aromatic heterocycles. The summed E-state index contributed by atoms with van der Waals surface area (Å²) in [7, 11) is 0. The minimum absolute atomic E-state index is 0.110. The summed E-state index contributed by atoms with van der Waals surface area (Å²) in [5.41, 5.74) is 0.904. The molecule has 0 unspecified atom stereocenters. The molecule has 1 saturated heterocycles. The van der Waals surface area contributed by atoms with E-state index in [1.165, 1.54) is 6.07 Å². The van der Waals surface area contributed by atoms with E-state index >= 15 is 0 Å². The van der Waals surface area contributed by atoms with Gasteiger partial charge in [-0.1, -0.05) is 19.1 Å². The van der Waals surface area contributed by atoms with Crippen LogP contribution in [-0.4, -0.2) is 30.5 Å². The summed E-state index contributed by atoms with van der Waals surface area (Å²) in [6.07, 6.45) is 2.07. The summed E-state index contributed by atoms with van der Waals surface area (Å²) in [5, 5.41) is 7.09. The summed E-state index contributed by atoms with van der Waals surface area (Å²) in [6.45, 7) is 4.77. The zero-order valence-electron chi connectivity index (χ0n) is 13.0. The van der Waals surface area contributed by atoms with Crippen molar-refractivity contribution in [2.75, 3.05) is 19.6 Å². The average Bonchev–Trinajstić information content (AvgIpc) is 2.54. The van der Waals surface area contributed by atoms with E-state index in [-0.39, 0.29) is 16.9 Å². The Labute approximate surface area is 143 Å². The van der Waals surface area contributed by atoms with E-state index in [4.69, 9.17) is 0 Å². The average molecular weight is 378 g/mol. The largest absolute Gasteiger partial charge is 0.351 e. The van der Waals surface area contributed by atoms with Crippen LogP contribution in [0.1, 0.15) is 30.1 Å². The molecule has 0 bridgehead atoms. The highest BCUT2D eigenvalue weighted by molar-refractivity contribution is 9.10. The number of pyridine rings is 1. The van der Waals surface area contributed by atoms with Crippen LogP contribution in [0, 0.1) is 5.41 Å². The van der Waals surface area contributed by atoms with Crippen molar-refractivity contribution in [1.29, 1.82) is 0 Å². The second-order valence-corrected chi connectivity index (χ2v) is 7.31. The Morgan fingerprint density at radius 1 is 1.35 bits per heavy atom. The van der Waals surface area contributed by atoms with E-state index in [0.29, 0.717) is 17.6 Å². The third-order valence-corrected chi connectivity index (χ3v) is 5.22. The highest BCUT2D eigenvalue weighted by Gasteiger charge is 2.27. The number of aromatic amines is 1. The van der Waals surface area contributed by atoms with E-state index in [1.807, 2.05) is 18.2 Å². The number of carbonyl (C=O) groups excluding carboxylic acids is 1. The topological polar surface area (TPSA) is 74.0 Å². The number of para-hydroxylation sites is 1. The maximum Gasteiger partial charge on any atom is 0.252 e. The Morgan fingerprint density at radius 2 is 2.09 bits per heavy atom. The molecule has 2 heterocycles. The SMILES string of the molecule is CC1(CNC(=O)c2cc(=O)[nH]c3c(Br)cccc23)CCNCC1. The molecule has 1 fully saturated rings. The number of halogens is 1. The second-order valence-electron chi connectivity index (χ2n) is 6.45. The van der Waals surface area contributed by atoms with Crippen molar-refractivity contribution in [2.45, 2.75) is 19.8 Å². The lowest BCUT2D eigenvalue weighted by atomic mass is 9.81. The number of H-pyrrole nitrogens is 1. The van der Waals surface area contributed by atoms with Crippen molar-refractivity contribution in [2.24, 2.45) is 5.41 Å². The van der Waals surface area contributed by atoms with Gasteiger partial charge in [0, 0.05) is 22.5 Å². The summed E-state index contributed by atoms with van der Waals surface area (Å²) < 4.78 is 0.770. The van der Waals surface area contributed by atoms with Crippen LogP contribution in [0.5, 0.6) is 0 Å². The summed E-state index contributed by atoms with van der Waals surface area (Å²) in [6, 6.07) is 6.91. The number of fused-ring (bicyclic) bond motifs is 1. The van der Waals surface area contributed by atoms with E-state index < -0.39 is 0 Å². The van der Waals surface area contributed by atoms with E-state index in [2.05, 4.69) is 38.5 Å². The van der Waals surface area contributed by atoms with Crippen LogP contribution in [0.2, 0.25) is 0 Å². The van der Waals surface area contributed by atoms with Crippen molar-refractivity contribution in [3.63, 3.8) is 0 Å². The lowest BCUT2D eigenvalue weighted by Crippen LogP contribution is -2.43. The molecule has 0 radical (unpaired) electrons. The first-order valence-electron chi connectivity index (χ1n) is 7.79. The van der Waals surface area contributed by atoms with Crippen molar-refractivity contribution in [3.05, 3.63) is 44.7 Å². The number of carbonyl (C=O) groups is 1. The molecule has 1 aromatic carbocycles. The van der Waals surface area contributed by atoms with Gasteiger partial charge in [0.1, 0.15) is 0 Å². The minimum Gasteiger partial charge on any atom is -0.351 e. The van der Waals surface area contributed by atoms with Crippen molar-refractivity contribution >= 4 is 32.7 Å². The predicted octanol–water partition coefficient (Wildman–Crippen LogP) is 2.41. The van der Waals surface area contributed by atoms with Crippen LogP contribution in [0.15, 0.2) is 33.5 Å². The number of hydrogen-bond donors (Lipinski definition) is 3. The highest BCUT2D eigenvalue weighted by atomic mass is 79.9. The quantitative estimate of drug-likeness (QED) is 0.768. The van der Waals surface area contributed by atoms with Gasteiger partial charge in [0.25, 0.3) is 5.91 Å². The second kappa shape index (κ2) is 6.45. The molecule has 5 nitrogen and oxygen atoms in total. The van der Waals surface area contributed by atoms with Crippen LogP contribution < -0.4 is 16.2 Å². The molecule has 0 saturated carbocycles. The molecule has 0 aliphatic carbocycles. The van der Waals surface area contributed by atoms with Crippen LogP contribution >= 0.6 is 15.9 Å². The first-order valence-corrected chi connectivity index (χ1v) is 8.58. The van der Waals surface area contributed by atoms with Gasteiger partial charge in [-0.3, -0.25) is 9.59 Å². The normalized spacial score (nSPS) is 17.1. The van der Waals surface area contributed by atoms with Crippen LogP contribution in [0.4, 0.5) is 0 Å². The molecule has 23 heavy (non-hydrogen) atoms. The monoisotopic (exact) mass is 377 g/mol. The molecule has 0 atom stereocenters. The number of hydrogen-bond acceptors (Lipinski definition) is 3. The molecule has 0 spiro atoms. The first kappa shape index (κ1) is 16.2. The van der Waals surface area contributed by atoms with E-state index in [0.717, 1.165) is 35.8 Å². The maximum atomic E-state index is 12.6. The Kier molecular flexibility index (Phi) is 4.55. The number of piperidine rings is 1. The van der Waals surface area contributed by atoms with Gasteiger partial charge in [0.15, 0.2) is 0 Å². The summed E-state index contributed by atoms with van der Waals surface area (Å²) in [4.78, 5) is 27.3. The zero-order chi connectivity index (χ0) is 16.4. The lowest BCUT2D eigenvalue weighted by molar-refractivity contribution is 0.0924. The van der Waals surface area contributed by atoms with Crippen LogP contribution in [0.25, 0.3) is 10.9 Å². The Morgan fingerprint density at radius 3 is 2.83 bits per heavy atom. The van der Waals surface area contributed by atoms with Gasteiger partial charge in [0.2, 0.25) is 5.56 Å². The number of rotatable bonds is 3.